The minimum atomic E-state index is -2.27. The van der Waals surface area contributed by atoms with E-state index in [1.54, 1.807) is 0 Å². The summed E-state index contributed by atoms with van der Waals surface area (Å²) in [4.78, 5) is 0. The highest BCUT2D eigenvalue weighted by Gasteiger charge is 2.46. The summed E-state index contributed by atoms with van der Waals surface area (Å²) in [6, 6.07) is 0. The van der Waals surface area contributed by atoms with Crippen molar-refractivity contribution in [1.82, 2.24) is 0 Å². The first-order valence-corrected chi connectivity index (χ1v) is 9.24. The fourth-order valence-electron chi connectivity index (χ4n) is 2.11. The van der Waals surface area contributed by atoms with Crippen LogP contribution < -0.4 is 0 Å². The Kier molecular flexibility index (Phi) is 10.3. The lowest BCUT2D eigenvalue weighted by molar-refractivity contribution is -0.0511. The molecule has 0 amide bonds. The monoisotopic (exact) mass is 297 g/mol. The predicted molar refractivity (Wildman–Crippen MR) is 77.3 cm³/mol. The van der Waals surface area contributed by atoms with Crippen molar-refractivity contribution in [1.29, 1.82) is 0 Å². The van der Waals surface area contributed by atoms with Crippen molar-refractivity contribution in [2.45, 2.75) is 83.1 Å². The first kappa shape index (κ1) is 18.3. The molecule has 0 aliphatic carbocycles. The summed E-state index contributed by atoms with van der Waals surface area (Å²) >= 11 is 5.46. The quantitative estimate of drug-likeness (QED) is 0.434. The summed E-state index contributed by atoms with van der Waals surface area (Å²) < 4.78 is 11.2. The van der Waals surface area contributed by atoms with Gasteiger partial charge in [0.05, 0.1) is 0 Å². The largest absolute Gasteiger partial charge is 0.489 e. The average molecular weight is 298 g/mol. The van der Waals surface area contributed by atoms with Crippen molar-refractivity contribution in [3.05, 3.63) is 0 Å². The minimum Gasteiger partial charge on any atom is -0.382 e. The molecule has 0 saturated carbocycles. The van der Waals surface area contributed by atoms with Crippen LogP contribution in [0.4, 0.5) is 0 Å². The molecule has 0 rings (SSSR count). The third kappa shape index (κ3) is 7.04. The van der Waals surface area contributed by atoms with Gasteiger partial charge in [0.2, 0.25) is 11.2 Å². The van der Waals surface area contributed by atoms with E-state index in [0.29, 0.717) is 12.8 Å². The molecular weight excluding hydrogens is 271 g/mol. The van der Waals surface area contributed by atoms with E-state index < -0.39 is 18.6 Å². The normalized spacial score (nSPS) is 17.3. The molecule has 2 N–H and O–H groups in total. The van der Waals surface area contributed by atoms with Crippen molar-refractivity contribution < 1.29 is 14.8 Å². The van der Waals surface area contributed by atoms with E-state index in [9.17, 15) is 14.8 Å². The molecule has 0 aromatic heterocycles. The van der Waals surface area contributed by atoms with Crippen molar-refractivity contribution in [2.75, 3.05) is 0 Å². The fourth-order valence-corrected chi connectivity index (χ4v) is 3.29. The van der Waals surface area contributed by atoms with Crippen molar-refractivity contribution in [3.8, 4) is 0 Å². The molecule has 0 saturated heterocycles. The number of rotatable bonds is 11. The van der Waals surface area contributed by atoms with E-state index in [0.717, 1.165) is 44.9 Å². The maximum Gasteiger partial charge on any atom is 0.489 e. The second-order valence-electron chi connectivity index (χ2n) is 5.02. The molecule has 3 unspecified atom stereocenters. The van der Waals surface area contributed by atoms with Crippen LogP contribution in [0.5, 0.6) is 0 Å². The van der Waals surface area contributed by atoms with Crippen molar-refractivity contribution in [3.63, 3.8) is 0 Å². The SMILES string of the molecule is CCCCCCC(O)(CCCCC)C(O)[P+](=O)Cl. The van der Waals surface area contributed by atoms with Crippen LogP contribution in [0.15, 0.2) is 0 Å². The van der Waals surface area contributed by atoms with Crippen molar-refractivity contribution >= 4 is 18.4 Å². The molecule has 18 heavy (non-hydrogen) atoms. The van der Waals surface area contributed by atoms with Gasteiger partial charge in [0.25, 0.3) is 5.85 Å². The summed E-state index contributed by atoms with van der Waals surface area (Å²) in [6.45, 7) is 4.21. The smallest absolute Gasteiger partial charge is 0.382 e. The van der Waals surface area contributed by atoms with Crippen molar-refractivity contribution in [2.24, 2.45) is 0 Å². The van der Waals surface area contributed by atoms with Crippen LogP contribution in [0, 0.1) is 0 Å². The van der Waals surface area contributed by atoms with Gasteiger partial charge in [-0.25, -0.2) is 0 Å². The summed E-state index contributed by atoms with van der Waals surface area (Å²) in [7, 11) is -2.27. The number of halogens is 1. The zero-order valence-electron chi connectivity index (χ0n) is 11.6. The average Bonchev–Trinajstić information content (AvgIpc) is 2.34. The maximum absolute atomic E-state index is 11.2. The van der Waals surface area contributed by atoms with Gasteiger partial charge in [0.1, 0.15) is 5.60 Å². The number of aliphatic hydroxyl groups is 2. The first-order chi connectivity index (χ1) is 8.48. The topological polar surface area (TPSA) is 57.5 Å². The molecule has 5 heteroatoms. The molecule has 0 fully saturated rings. The van der Waals surface area contributed by atoms with E-state index in [2.05, 4.69) is 13.8 Å². The zero-order valence-corrected chi connectivity index (χ0v) is 13.2. The maximum atomic E-state index is 11.2. The number of hydrogen-bond acceptors (Lipinski definition) is 3. The second kappa shape index (κ2) is 10.1. The molecule has 0 aliphatic rings. The van der Waals surface area contributed by atoms with E-state index in [4.69, 9.17) is 11.2 Å². The van der Waals surface area contributed by atoms with Crippen LogP contribution in [0.1, 0.15) is 71.6 Å². The third-order valence-corrected chi connectivity index (χ3v) is 4.77. The van der Waals surface area contributed by atoms with E-state index in [-0.39, 0.29) is 0 Å². The summed E-state index contributed by atoms with van der Waals surface area (Å²) in [5.41, 5.74) is -1.28. The number of aliphatic hydroxyl groups excluding tert-OH is 1. The summed E-state index contributed by atoms with van der Waals surface area (Å²) in [5, 5.41) is 20.3. The van der Waals surface area contributed by atoms with Crippen LogP contribution in [0.2, 0.25) is 0 Å². The number of hydrogen-bond donors (Lipinski definition) is 2. The molecule has 0 bridgehead atoms. The van der Waals surface area contributed by atoms with Gasteiger partial charge in [-0.2, -0.15) is 0 Å². The van der Waals surface area contributed by atoms with Crippen LogP contribution >= 0.6 is 18.4 Å². The Morgan fingerprint density at radius 3 is 1.94 bits per heavy atom. The van der Waals surface area contributed by atoms with E-state index >= 15 is 0 Å². The molecule has 0 aromatic carbocycles. The van der Waals surface area contributed by atoms with Crippen LogP contribution in [0.25, 0.3) is 0 Å². The van der Waals surface area contributed by atoms with Gasteiger partial charge in [-0.1, -0.05) is 58.8 Å². The number of unbranched alkanes of at least 4 members (excludes halogenated alkanes) is 5. The highest BCUT2D eigenvalue weighted by atomic mass is 35.7. The molecule has 0 aromatic rings. The standard InChI is InChI=1S/C13H27ClO3P/c1-3-5-7-9-11-13(16,10-8-6-4-2)12(15)18(14)17/h12,15-16H,3-11H2,1-2H3/q+1. The van der Waals surface area contributed by atoms with Gasteiger partial charge in [-0.15, -0.1) is 0 Å². The Morgan fingerprint density at radius 1 is 1.06 bits per heavy atom. The lowest BCUT2D eigenvalue weighted by Crippen LogP contribution is -2.39. The summed E-state index contributed by atoms with van der Waals surface area (Å²) in [5.74, 6) is -1.31. The molecular formula is C13H27ClO3P+. The first-order valence-electron chi connectivity index (χ1n) is 7.00. The Labute approximate surface area is 117 Å². The lowest BCUT2D eigenvalue weighted by atomic mass is 9.90. The molecule has 0 aliphatic heterocycles. The van der Waals surface area contributed by atoms with Gasteiger partial charge in [-0.3, -0.25) is 0 Å². The van der Waals surface area contributed by atoms with Gasteiger partial charge in [0.15, 0.2) is 0 Å². The van der Waals surface area contributed by atoms with E-state index in [1.165, 1.54) is 0 Å². The zero-order chi connectivity index (χ0) is 14.0. The minimum absolute atomic E-state index is 0.474. The molecule has 0 radical (unpaired) electrons. The fraction of sp³-hybridized carbons (Fsp3) is 1.00. The van der Waals surface area contributed by atoms with Gasteiger partial charge in [-0.05, 0) is 17.4 Å². The predicted octanol–water partition coefficient (Wildman–Crippen LogP) is 4.57. The summed E-state index contributed by atoms with van der Waals surface area (Å²) in [6.07, 6.45) is 7.95. The molecule has 3 nitrogen and oxygen atoms in total. The molecule has 0 spiro atoms. The van der Waals surface area contributed by atoms with E-state index in [1.807, 2.05) is 0 Å². The second-order valence-corrected chi connectivity index (χ2v) is 7.05. The third-order valence-electron chi connectivity index (χ3n) is 3.35. The van der Waals surface area contributed by atoms with Crippen LogP contribution in [-0.2, 0) is 4.57 Å². The molecule has 3 atom stereocenters. The highest BCUT2D eigenvalue weighted by Crippen LogP contribution is 2.42. The Hall–Kier alpha value is 0.310. The highest BCUT2D eigenvalue weighted by molar-refractivity contribution is 7.74. The Balaban J connectivity index is 4.34. The van der Waals surface area contributed by atoms with Gasteiger partial charge in [0, 0.05) is 0 Å². The Bertz CT molecular complexity index is 238. The van der Waals surface area contributed by atoms with Gasteiger partial charge >= 0.3 is 7.15 Å². The molecule has 108 valence electrons. The lowest BCUT2D eigenvalue weighted by Gasteiger charge is -2.26. The van der Waals surface area contributed by atoms with Gasteiger partial charge < -0.3 is 10.2 Å². The Morgan fingerprint density at radius 2 is 1.50 bits per heavy atom. The van der Waals surface area contributed by atoms with Crippen LogP contribution in [-0.4, -0.2) is 21.7 Å². The van der Waals surface area contributed by atoms with Crippen LogP contribution in [0.3, 0.4) is 0 Å². The molecule has 0 heterocycles.